The molecule has 2 rings (SSSR count). The summed E-state index contributed by atoms with van der Waals surface area (Å²) in [5.41, 5.74) is 1.21. The van der Waals surface area contributed by atoms with E-state index in [1.54, 1.807) is 31.3 Å². The number of para-hydroxylation sites is 1. The highest BCUT2D eigenvalue weighted by Gasteiger charge is 2.13. The zero-order valence-corrected chi connectivity index (χ0v) is 12.3. The number of likely N-dealkylation sites (N-methyl/N-ethyl adjacent to an activating group) is 1. The molecular formula is C16H15ClN2O2. The first-order valence-electron chi connectivity index (χ1n) is 6.43. The standard InChI is InChI=1S/C16H15ClN2O2/c1-19(14-8-3-2-4-9-14)15(20)11-18-16(21)12-6-5-7-13(17)10-12/h2-10H,11H2,1H3,(H,18,21). The molecule has 0 aromatic heterocycles. The summed E-state index contributed by atoms with van der Waals surface area (Å²) >= 11 is 5.83. The lowest BCUT2D eigenvalue weighted by atomic mass is 10.2. The third-order valence-electron chi connectivity index (χ3n) is 3.00. The van der Waals surface area contributed by atoms with Crippen molar-refractivity contribution in [3.8, 4) is 0 Å². The quantitative estimate of drug-likeness (QED) is 0.944. The van der Waals surface area contributed by atoms with E-state index in [0.717, 1.165) is 5.69 Å². The van der Waals surface area contributed by atoms with Crippen molar-refractivity contribution in [1.29, 1.82) is 0 Å². The number of nitrogens with one attached hydrogen (secondary N) is 1. The fourth-order valence-electron chi connectivity index (χ4n) is 1.80. The lowest BCUT2D eigenvalue weighted by Crippen LogP contribution is -2.38. The molecule has 0 bridgehead atoms. The molecule has 0 aliphatic carbocycles. The number of hydrogen-bond donors (Lipinski definition) is 1. The van der Waals surface area contributed by atoms with Gasteiger partial charge in [0.25, 0.3) is 5.91 Å². The lowest BCUT2D eigenvalue weighted by molar-refractivity contribution is -0.117. The van der Waals surface area contributed by atoms with E-state index in [4.69, 9.17) is 11.6 Å². The van der Waals surface area contributed by atoms with Gasteiger partial charge in [-0.1, -0.05) is 35.9 Å². The highest BCUT2D eigenvalue weighted by molar-refractivity contribution is 6.31. The summed E-state index contributed by atoms with van der Waals surface area (Å²) in [5, 5.41) is 3.07. The maximum Gasteiger partial charge on any atom is 0.251 e. The molecule has 1 N–H and O–H groups in total. The maximum atomic E-state index is 12.0. The Morgan fingerprint density at radius 2 is 1.81 bits per heavy atom. The van der Waals surface area contributed by atoms with E-state index < -0.39 is 0 Å². The minimum atomic E-state index is -0.327. The van der Waals surface area contributed by atoms with Gasteiger partial charge in [-0.05, 0) is 30.3 Å². The summed E-state index contributed by atoms with van der Waals surface area (Å²) in [6.07, 6.45) is 0. The number of rotatable bonds is 4. The Hall–Kier alpha value is -2.33. The van der Waals surface area contributed by atoms with Gasteiger partial charge >= 0.3 is 0 Å². The molecule has 4 nitrogen and oxygen atoms in total. The predicted octanol–water partition coefficient (Wildman–Crippen LogP) is 2.73. The Bertz CT molecular complexity index is 644. The van der Waals surface area contributed by atoms with Gasteiger partial charge in [0.2, 0.25) is 5.91 Å². The molecule has 0 saturated heterocycles. The van der Waals surface area contributed by atoms with E-state index >= 15 is 0 Å². The van der Waals surface area contributed by atoms with Crippen molar-refractivity contribution in [1.82, 2.24) is 5.32 Å². The average molecular weight is 303 g/mol. The Morgan fingerprint density at radius 3 is 2.48 bits per heavy atom. The van der Waals surface area contributed by atoms with Crippen molar-refractivity contribution >= 4 is 29.1 Å². The van der Waals surface area contributed by atoms with Crippen LogP contribution in [0.1, 0.15) is 10.4 Å². The first-order valence-corrected chi connectivity index (χ1v) is 6.81. The summed E-state index contributed by atoms with van der Waals surface area (Å²) in [7, 11) is 1.67. The minimum Gasteiger partial charge on any atom is -0.343 e. The van der Waals surface area contributed by atoms with E-state index in [1.807, 2.05) is 30.3 Å². The van der Waals surface area contributed by atoms with Crippen LogP contribution in [-0.4, -0.2) is 25.4 Å². The third kappa shape index (κ3) is 4.07. The van der Waals surface area contributed by atoms with E-state index in [-0.39, 0.29) is 18.4 Å². The molecule has 0 atom stereocenters. The smallest absolute Gasteiger partial charge is 0.251 e. The molecule has 2 aromatic carbocycles. The van der Waals surface area contributed by atoms with Crippen molar-refractivity contribution in [2.45, 2.75) is 0 Å². The van der Waals surface area contributed by atoms with Crippen LogP contribution in [0.4, 0.5) is 5.69 Å². The minimum absolute atomic E-state index is 0.0727. The fourth-order valence-corrected chi connectivity index (χ4v) is 1.99. The predicted molar refractivity (Wildman–Crippen MR) is 83.6 cm³/mol. The SMILES string of the molecule is CN(C(=O)CNC(=O)c1cccc(Cl)c1)c1ccccc1. The topological polar surface area (TPSA) is 49.4 Å². The molecule has 0 aliphatic heterocycles. The van der Waals surface area contributed by atoms with Crippen LogP contribution >= 0.6 is 11.6 Å². The second-order valence-corrected chi connectivity index (χ2v) is 4.92. The zero-order valence-electron chi connectivity index (χ0n) is 11.5. The van der Waals surface area contributed by atoms with Crippen molar-refractivity contribution < 1.29 is 9.59 Å². The number of amides is 2. The summed E-state index contributed by atoms with van der Waals surface area (Å²) in [4.78, 5) is 25.4. The first-order chi connectivity index (χ1) is 10.1. The molecular weight excluding hydrogens is 288 g/mol. The molecule has 0 heterocycles. The number of benzene rings is 2. The molecule has 0 spiro atoms. The highest BCUT2D eigenvalue weighted by atomic mass is 35.5. The van der Waals surface area contributed by atoms with Crippen LogP contribution in [0.25, 0.3) is 0 Å². The Labute approximate surface area is 128 Å². The molecule has 0 unspecified atom stereocenters. The van der Waals surface area contributed by atoms with E-state index in [2.05, 4.69) is 5.32 Å². The Morgan fingerprint density at radius 1 is 1.10 bits per heavy atom. The second-order valence-electron chi connectivity index (χ2n) is 4.48. The van der Waals surface area contributed by atoms with E-state index in [1.165, 1.54) is 4.90 Å². The monoisotopic (exact) mass is 302 g/mol. The van der Waals surface area contributed by atoms with Crippen molar-refractivity contribution in [3.05, 3.63) is 65.2 Å². The number of carbonyl (C=O) groups excluding carboxylic acids is 2. The summed E-state index contributed by atoms with van der Waals surface area (Å²) in [5.74, 6) is -0.524. The molecule has 0 radical (unpaired) electrons. The Balaban J connectivity index is 1.93. The summed E-state index contributed by atoms with van der Waals surface area (Å²) in [6.45, 7) is -0.0727. The maximum absolute atomic E-state index is 12.0. The number of carbonyl (C=O) groups is 2. The fraction of sp³-hybridized carbons (Fsp3) is 0.125. The van der Waals surface area contributed by atoms with Crippen LogP contribution < -0.4 is 10.2 Å². The van der Waals surface area contributed by atoms with Crippen LogP contribution in [0.5, 0.6) is 0 Å². The normalized spacial score (nSPS) is 10.0. The number of halogens is 1. The van der Waals surface area contributed by atoms with Gasteiger partial charge in [0.05, 0.1) is 6.54 Å². The molecule has 2 amide bonds. The molecule has 21 heavy (non-hydrogen) atoms. The van der Waals surface area contributed by atoms with Gasteiger partial charge in [0.1, 0.15) is 0 Å². The zero-order chi connectivity index (χ0) is 15.2. The Kier molecular flexibility index (Phi) is 4.95. The molecule has 0 fully saturated rings. The van der Waals surface area contributed by atoms with E-state index in [9.17, 15) is 9.59 Å². The van der Waals surface area contributed by atoms with Gasteiger partial charge in [0, 0.05) is 23.3 Å². The van der Waals surface area contributed by atoms with Gasteiger partial charge in [-0.25, -0.2) is 0 Å². The molecule has 0 saturated carbocycles. The van der Waals surface area contributed by atoms with Crippen molar-refractivity contribution in [3.63, 3.8) is 0 Å². The van der Waals surface area contributed by atoms with Crippen LogP contribution in [0.15, 0.2) is 54.6 Å². The average Bonchev–Trinajstić information content (AvgIpc) is 2.52. The van der Waals surface area contributed by atoms with E-state index in [0.29, 0.717) is 10.6 Å². The molecule has 108 valence electrons. The number of nitrogens with zero attached hydrogens (tertiary/aromatic N) is 1. The molecule has 0 aliphatic rings. The van der Waals surface area contributed by atoms with Crippen molar-refractivity contribution in [2.75, 3.05) is 18.5 Å². The van der Waals surface area contributed by atoms with Gasteiger partial charge in [-0.15, -0.1) is 0 Å². The number of anilines is 1. The first kappa shape index (κ1) is 15.1. The number of hydrogen-bond acceptors (Lipinski definition) is 2. The largest absolute Gasteiger partial charge is 0.343 e. The van der Waals surface area contributed by atoms with Crippen molar-refractivity contribution in [2.24, 2.45) is 0 Å². The van der Waals surface area contributed by atoms with Crippen LogP contribution in [0, 0.1) is 0 Å². The molecule has 5 heteroatoms. The highest BCUT2D eigenvalue weighted by Crippen LogP contribution is 2.12. The molecule has 2 aromatic rings. The summed E-state index contributed by atoms with van der Waals surface area (Å²) < 4.78 is 0. The summed E-state index contributed by atoms with van der Waals surface area (Å²) in [6, 6.07) is 15.8. The van der Waals surface area contributed by atoms with Crippen LogP contribution in [-0.2, 0) is 4.79 Å². The lowest BCUT2D eigenvalue weighted by Gasteiger charge is -2.17. The second kappa shape index (κ2) is 6.90. The van der Waals surface area contributed by atoms with Crippen LogP contribution in [0.3, 0.4) is 0 Å². The van der Waals surface area contributed by atoms with Gasteiger partial charge in [-0.3, -0.25) is 9.59 Å². The van der Waals surface area contributed by atoms with Crippen LogP contribution in [0.2, 0.25) is 5.02 Å². The van der Waals surface area contributed by atoms with Gasteiger partial charge in [0.15, 0.2) is 0 Å². The third-order valence-corrected chi connectivity index (χ3v) is 3.24. The van der Waals surface area contributed by atoms with Gasteiger partial charge in [-0.2, -0.15) is 0 Å². The van der Waals surface area contributed by atoms with Gasteiger partial charge < -0.3 is 10.2 Å².